The van der Waals surface area contributed by atoms with Crippen molar-refractivity contribution < 1.29 is 9.90 Å². The molecule has 1 saturated carbocycles. The summed E-state index contributed by atoms with van der Waals surface area (Å²) in [6.45, 7) is 1.78. The fourth-order valence-electron chi connectivity index (χ4n) is 2.71. The van der Waals surface area contributed by atoms with Gasteiger partial charge < -0.3 is 5.11 Å². The first kappa shape index (κ1) is 12.4. The number of hydrogen-bond acceptors (Lipinski definition) is 3. The van der Waals surface area contributed by atoms with Crippen LogP contribution in [-0.4, -0.2) is 16.1 Å². The topological polar surface area (TPSA) is 50.2 Å². The van der Waals surface area contributed by atoms with Crippen LogP contribution in [0.4, 0.5) is 0 Å². The van der Waals surface area contributed by atoms with Gasteiger partial charge in [0.25, 0.3) is 0 Å². The Hall–Kier alpha value is -1.68. The number of thiazole rings is 1. The number of aromatic nitrogens is 1. The Bertz CT molecular complexity index is 614. The van der Waals surface area contributed by atoms with Crippen molar-refractivity contribution in [2.45, 2.75) is 31.6 Å². The van der Waals surface area contributed by atoms with Crippen LogP contribution in [0.2, 0.25) is 0 Å². The Morgan fingerprint density at radius 2 is 2.00 bits per heavy atom. The van der Waals surface area contributed by atoms with E-state index in [-0.39, 0.29) is 5.41 Å². The van der Waals surface area contributed by atoms with E-state index in [9.17, 15) is 9.90 Å². The highest BCUT2D eigenvalue weighted by Gasteiger charge is 2.43. The van der Waals surface area contributed by atoms with Crippen molar-refractivity contribution in [1.82, 2.24) is 4.98 Å². The van der Waals surface area contributed by atoms with Crippen LogP contribution >= 0.6 is 11.3 Å². The SMILES string of the molecule is Cc1nc(C2(c3ccccc3)CCC2)sc1C(=O)O. The van der Waals surface area contributed by atoms with Gasteiger partial charge in [-0.15, -0.1) is 11.3 Å². The second-order valence-electron chi connectivity index (χ2n) is 5.04. The van der Waals surface area contributed by atoms with E-state index >= 15 is 0 Å². The van der Waals surface area contributed by atoms with Gasteiger partial charge in [0.1, 0.15) is 9.88 Å². The second kappa shape index (κ2) is 4.46. The third kappa shape index (κ3) is 1.87. The molecule has 98 valence electrons. The van der Waals surface area contributed by atoms with Crippen LogP contribution in [0.1, 0.15) is 45.2 Å². The molecule has 4 heteroatoms. The molecule has 0 atom stereocenters. The molecule has 0 bridgehead atoms. The maximum atomic E-state index is 11.2. The van der Waals surface area contributed by atoms with Crippen molar-refractivity contribution in [2.75, 3.05) is 0 Å². The van der Waals surface area contributed by atoms with Crippen molar-refractivity contribution in [3.8, 4) is 0 Å². The normalized spacial score (nSPS) is 16.9. The zero-order valence-electron chi connectivity index (χ0n) is 10.7. The first-order chi connectivity index (χ1) is 9.13. The number of rotatable bonds is 3. The van der Waals surface area contributed by atoms with Crippen LogP contribution in [0.3, 0.4) is 0 Å². The first-order valence-corrected chi connectivity index (χ1v) is 7.22. The Balaban J connectivity index is 2.08. The van der Waals surface area contributed by atoms with E-state index in [0.29, 0.717) is 10.6 Å². The third-order valence-electron chi connectivity index (χ3n) is 3.93. The zero-order valence-corrected chi connectivity index (χ0v) is 11.5. The van der Waals surface area contributed by atoms with Gasteiger partial charge in [-0.2, -0.15) is 0 Å². The number of aryl methyl sites for hydroxylation is 1. The minimum Gasteiger partial charge on any atom is -0.477 e. The fourth-order valence-corrected chi connectivity index (χ4v) is 3.89. The van der Waals surface area contributed by atoms with Gasteiger partial charge in [0.15, 0.2) is 0 Å². The minimum absolute atomic E-state index is 0.0512. The number of carbonyl (C=O) groups is 1. The first-order valence-electron chi connectivity index (χ1n) is 6.40. The summed E-state index contributed by atoms with van der Waals surface area (Å²) in [7, 11) is 0. The lowest BCUT2D eigenvalue weighted by atomic mass is 9.65. The molecule has 0 saturated heterocycles. The summed E-state index contributed by atoms with van der Waals surface area (Å²) < 4.78 is 0. The van der Waals surface area contributed by atoms with Gasteiger partial charge >= 0.3 is 5.97 Å². The molecule has 1 aromatic carbocycles. The summed E-state index contributed by atoms with van der Waals surface area (Å²) in [6.07, 6.45) is 3.29. The van der Waals surface area contributed by atoms with E-state index < -0.39 is 5.97 Å². The maximum Gasteiger partial charge on any atom is 0.347 e. The predicted octanol–water partition coefficient (Wildman–Crippen LogP) is 3.62. The molecule has 1 aliphatic rings. The largest absolute Gasteiger partial charge is 0.477 e. The minimum atomic E-state index is -0.871. The number of carboxylic acid groups (broad SMARTS) is 1. The van der Waals surface area contributed by atoms with Gasteiger partial charge in [0, 0.05) is 5.41 Å². The van der Waals surface area contributed by atoms with E-state index in [4.69, 9.17) is 0 Å². The van der Waals surface area contributed by atoms with Crippen LogP contribution in [-0.2, 0) is 5.41 Å². The van der Waals surface area contributed by atoms with Crippen LogP contribution in [0, 0.1) is 6.92 Å². The van der Waals surface area contributed by atoms with Gasteiger partial charge in [0.05, 0.1) is 5.69 Å². The summed E-state index contributed by atoms with van der Waals surface area (Å²) in [5.41, 5.74) is 1.84. The Kier molecular flexibility index (Phi) is 2.90. The molecule has 2 aromatic rings. The van der Waals surface area contributed by atoms with Crippen LogP contribution in [0.15, 0.2) is 30.3 Å². The van der Waals surface area contributed by atoms with Crippen LogP contribution in [0.25, 0.3) is 0 Å². The van der Waals surface area contributed by atoms with Crippen LogP contribution in [0.5, 0.6) is 0 Å². The number of nitrogens with zero attached hydrogens (tertiary/aromatic N) is 1. The molecule has 1 heterocycles. The monoisotopic (exact) mass is 273 g/mol. The Morgan fingerprint density at radius 3 is 2.47 bits per heavy atom. The molecular formula is C15H15NO2S. The fraction of sp³-hybridized carbons (Fsp3) is 0.333. The smallest absolute Gasteiger partial charge is 0.347 e. The summed E-state index contributed by atoms with van der Waals surface area (Å²) in [5.74, 6) is -0.871. The molecule has 1 aliphatic carbocycles. The van der Waals surface area contributed by atoms with Crippen molar-refractivity contribution in [3.05, 3.63) is 51.5 Å². The van der Waals surface area contributed by atoms with Gasteiger partial charge in [-0.25, -0.2) is 9.78 Å². The summed E-state index contributed by atoms with van der Waals surface area (Å²) in [5, 5.41) is 10.1. The Labute approximate surface area is 115 Å². The Morgan fingerprint density at radius 1 is 1.32 bits per heavy atom. The van der Waals surface area contributed by atoms with Gasteiger partial charge in [-0.05, 0) is 25.3 Å². The lowest BCUT2D eigenvalue weighted by molar-refractivity contribution is 0.0701. The quantitative estimate of drug-likeness (QED) is 0.929. The highest BCUT2D eigenvalue weighted by atomic mass is 32.1. The molecule has 19 heavy (non-hydrogen) atoms. The van der Waals surface area contributed by atoms with Gasteiger partial charge in [-0.1, -0.05) is 36.8 Å². The van der Waals surface area contributed by atoms with E-state index in [1.165, 1.54) is 23.3 Å². The van der Waals surface area contributed by atoms with E-state index in [2.05, 4.69) is 17.1 Å². The highest BCUT2D eigenvalue weighted by molar-refractivity contribution is 7.13. The molecule has 0 amide bonds. The molecular weight excluding hydrogens is 258 g/mol. The van der Waals surface area contributed by atoms with Crippen molar-refractivity contribution in [2.24, 2.45) is 0 Å². The van der Waals surface area contributed by atoms with Crippen molar-refractivity contribution in [1.29, 1.82) is 0 Å². The third-order valence-corrected chi connectivity index (χ3v) is 5.28. The van der Waals surface area contributed by atoms with E-state index in [1.807, 2.05) is 18.2 Å². The number of benzene rings is 1. The molecule has 3 nitrogen and oxygen atoms in total. The standard InChI is InChI=1S/C15H15NO2S/c1-10-12(13(17)18)19-14(16-10)15(8-5-9-15)11-6-3-2-4-7-11/h2-4,6-7H,5,8-9H2,1H3,(H,17,18). The molecule has 3 rings (SSSR count). The zero-order chi connectivity index (χ0) is 13.5. The maximum absolute atomic E-state index is 11.2. The lowest BCUT2D eigenvalue weighted by Gasteiger charge is -2.40. The summed E-state index contributed by atoms with van der Waals surface area (Å²) >= 11 is 1.33. The molecule has 0 radical (unpaired) electrons. The molecule has 1 N–H and O–H groups in total. The second-order valence-corrected chi connectivity index (χ2v) is 6.04. The number of hydrogen-bond donors (Lipinski definition) is 1. The highest BCUT2D eigenvalue weighted by Crippen LogP contribution is 2.50. The van der Waals surface area contributed by atoms with Crippen molar-refractivity contribution in [3.63, 3.8) is 0 Å². The molecule has 1 aromatic heterocycles. The molecule has 0 aliphatic heterocycles. The van der Waals surface area contributed by atoms with Gasteiger partial charge in [0.2, 0.25) is 0 Å². The number of aromatic carboxylic acids is 1. The summed E-state index contributed by atoms with van der Waals surface area (Å²) in [4.78, 5) is 16.1. The summed E-state index contributed by atoms with van der Waals surface area (Å²) in [6, 6.07) is 10.3. The molecule has 1 fully saturated rings. The lowest BCUT2D eigenvalue weighted by Crippen LogP contribution is -2.35. The average molecular weight is 273 g/mol. The van der Waals surface area contributed by atoms with E-state index in [0.717, 1.165) is 17.8 Å². The average Bonchev–Trinajstić information content (AvgIpc) is 2.72. The molecule has 0 unspecified atom stereocenters. The van der Waals surface area contributed by atoms with Gasteiger partial charge in [-0.3, -0.25) is 0 Å². The predicted molar refractivity (Wildman–Crippen MR) is 74.9 cm³/mol. The van der Waals surface area contributed by atoms with Crippen molar-refractivity contribution >= 4 is 17.3 Å². The van der Waals surface area contributed by atoms with E-state index in [1.54, 1.807) is 6.92 Å². The molecule has 0 spiro atoms. The van der Waals surface area contributed by atoms with Crippen LogP contribution < -0.4 is 0 Å². The number of carboxylic acids is 1.